The van der Waals surface area contributed by atoms with Gasteiger partial charge < -0.3 is 92.0 Å². The average Bonchev–Trinajstić information content (AvgIpc) is 1.56. The maximum absolute atomic E-state index is 13.5. The normalized spacial score (nSPS) is 14.9. The monoisotopic (exact) mass is 1970 g/mol. The van der Waals surface area contributed by atoms with E-state index in [1.165, 1.54) is 49.8 Å². The van der Waals surface area contributed by atoms with Gasteiger partial charge in [0.2, 0.25) is 20.0 Å². The SMILES string of the molecule is C.CC1=C2CCCCC2=C([Si](C)(C)C)C1=O.CC1=C2CN(S(=O)(=O)c3ccc(C)cc3)CC2=C([Si](C(C)C)(C(C)C)C(C)C)C1=O.CC1=C2CN(S(=O)(=O)c3ccc(C)cc3)CC2=C([Si](C)(C)C)C1=O.CC1=C2COCC2=C([Si](C(C)C)(C(C)C)C(C)C)C1=O.[CH-]=O.[CH-]=O.[CH-]=O.[CH-]=O.[CH-]=O.[CH-]=O.[CH-]=O.[CH-]=O.[CH-]=O.[CH-]=O.[CH-]=O.[CH-]=O.[CH3-].[CH3-].[CH3-].[CH3-].[Fe+4].[Fe+4].[Fe+4].[Fe+4]. The Hall–Kier alpha value is -6.19. The second kappa shape index (κ2) is 70.9. The molecule has 0 atom stereocenters. The van der Waals surface area contributed by atoms with Crippen LogP contribution in [0.3, 0.4) is 0 Å². The van der Waals surface area contributed by atoms with Crippen molar-refractivity contribution in [3.8, 4) is 0 Å². The van der Waals surface area contributed by atoms with Crippen LogP contribution < -0.4 is 0 Å². The van der Waals surface area contributed by atoms with E-state index in [-0.39, 0.29) is 117 Å². The number of carbonyl (C=O) groups excluding carboxylic acids is 16. The zero-order valence-electron chi connectivity index (χ0n) is 75.8. The van der Waals surface area contributed by atoms with Crippen molar-refractivity contribution < 1.29 is 167 Å². The van der Waals surface area contributed by atoms with E-state index in [1.807, 2.05) is 65.8 Å². The summed E-state index contributed by atoms with van der Waals surface area (Å²) in [5.41, 5.74) is 17.6. The summed E-state index contributed by atoms with van der Waals surface area (Å²) in [6, 6.07) is 13.9. The molecule has 0 bridgehead atoms. The number of aryl methyl sites for hydroxylation is 2. The van der Waals surface area contributed by atoms with Crippen LogP contribution in [0.1, 0.15) is 155 Å². The molecular weight excluding hydrogens is 1830 g/mol. The minimum atomic E-state index is -3.60. The molecule has 122 heavy (non-hydrogen) atoms. The van der Waals surface area contributed by atoms with E-state index in [4.69, 9.17) is 62.3 Å². The fraction of sp³-hybridized carbons (Fsp3) is 0.461. The molecule has 3 aliphatic heterocycles. The zero-order valence-corrected chi connectivity index (χ0v) is 85.8. The Bertz CT molecular complexity index is 3940. The standard InChI is InChI=1S/C24H35NO3SSi.C18H23NO3SSi.C17H28O2Si.C13H20OSi.12CHO.CH4.4CH3.4Fe/c1-15(2)30(16(3)4,17(5)6)24-22-14-25(13-21(22)19(8)23(24)26)29(27,28)20-11-9-18(7)10-12-20;1-12-6-8-14(9-7-12)23(21,22)19-10-15-13(2)17(20)18(16(15)11-19)24(3,4)5;1-10(2)20(11(3)4,12(5)6)17-15-9-19-8-14(15)13(7)16(17)18;1-9-10-7-5-6-8-11(10)13(12(9)14)15(2,3)4;12*1-2;;;;;;;;;/h9-12,15-17H,13-14H2,1-8H3;6-9H,10-11H2,1-5H3;10-12H,8-9H2,1-7H3;5-8H2,1-4H3;12*1H;1H4;4*1H3;;;;/q;;;;12*-1;;4*-1;4*+4. The molecule has 23 nitrogen and oxygen atoms in total. The quantitative estimate of drug-likeness (QED) is 0.0963. The van der Waals surface area contributed by atoms with Gasteiger partial charge in [-0.2, -0.15) is 8.61 Å². The van der Waals surface area contributed by atoms with Gasteiger partial charge in [0, 0.05) is 42.9 Å². The maximum Gasteiger partial charge on any atom is 4.00 e. The van der Waals surface area contributed by atoms with E-state index >= 15 is 0 Å². The Labute approximate surface area is 782 Å². The Morgan fingerprint density at radius 3 is 0.754 bits per heavy atom. The van der Waals surface area contributed by atoms with Crippen LogP contribution in [-0.2, 0) is 170 Å². The second-order valence-corrected chi connectivity index (χ2v) is 55.8. The molecule has 3 saturated heterocycles. The number of hydrogen-bond acceptors (Lipinski definition) is 21. The van der Waals surface area contributed by atoms with Crippen molar-refractivity contribution in [2.45, 2.75) is 240 Å². The number of nitrogens with zero attached hydrogens (tertiary/aromatic N) is 2. The van der Waals surface area contributed by atoms with Crippen LogP contribution >= 0.6 is 0 Å². The predicted molar refractivity (Wildman–Crippen MR) is 490 cm³/mol. The number of Topliss-reactive ketones (excluding diaryl/α,β-unsaturated/α-hetero) is 4. The van der Waals surface area contributed by atoms with Gasteiger partial charge in [-0.1, -0.05) is 165 Å². The third-order valence-corrected chi connectivity index (χ3v) is 43.0. The molecule has 5 aliphatic carbocycles. The van der Waals surface area contributed by atoms with Crippen LogP contribution in [0.2, 0.25) is 72.5 Å². The molecule has 0 unspecified atom stereocenters. The van der Waals surface area contributed by atoms with Crippen molar-refractivity contribution in [1.82, 2.24) is 8.61 Å². The van der Waals surface area contributed by atoms with Crippen molar-refractivity contribution >= 4 is 157 Å². The smallest absolute Gasteiger partial charge is 0.545 e. The summed E-state index contributed by atoms with van der Waals surface area (Å²) < 4.78 is 61.2. The first kappa shape index (κ1) is 150. The number of ether oxygens (including phenoxy) is 1. The van der Waals surface area contributed by atoms with Crippen LogP contribution in [0.25, 0.3) is 0 Å². The van der Waals surface area contributed by atoms with Crippen LogP contribution in [-0.4, -0.2) is 202 Å². The molecule has 0 aromatic heterocycles. The molecule has 0 radical (unpaired) electrons. The molecule has 8 aliphatic rings. The molecule has 1 saturated carbocycles. The fourth-order valence-electron chi connectivity index (χ4n) is 17.1. The first-order valence-corrected chi connectivity index (χ1v) is 49.9. The molecule has 0 N–H and O–H groups in total. The van der Waals surface area contributed by atoms with Gasteiger partial charge >= 0.3 is 68.3 Å². The van der Waals surface area contributed by atoms with Gasteiger partial charge in [-0.25, -0.2) is 16.8 Å². The van der Waals surface area contributed by atoms with Crippen molar-refractivity contribution in [2.75, 3.05) is 39.4 Å². The Kier molecular flexibility index (Phi) is 87.3. The van der Waals surface area contributed by atoms with Crippen molar-refractivity contribution in [3.05, 3.63) is 177 Å². The van der Waals surface area contributed by atoms with Crippen LogP contribution in [0, 0.1) is 43.6 Å². The van der Waals surface area contributed by atoms with Crippen LogP contribution in [0.5, 0.6) is 0 Å². The van der Waals surface area contributed by atoms with E-state index in [0.717, 1.165) is 78.9 Å². The Balaban J connectivity index is -0.0000000879. The predicted octanol–water partition coefficient (Wildman–Crippen LogP) is 15.7. The zero-order chi connectivity index (χ0) is 90.9. The molecule has 2 aromatic carbocycles. The van der Waals surface area contributed by atoms with Crippen molar-refractivity contribution in [2.24, 2.45) is 0 Å². The third kappa shape index (κ3) is 33.9. The van der Waals surface area contributed by atoms with E-state index in [1.54, 1.807) is 28.6 Å². The number of allylic oxidation sites excluding steroid dienone is 10. The Morgan fingerprint density at radius 2 is 0.500 bits per heavy atom. The first-order chi connectivity index (χ1) is 53.1. The summed E-state index contributed by atoms with van der Waals surface area (Å²) in [7, 11) is -14.5. The summed E-state index contributed by atoms with van der Waals surface area (Å²) in [5, 5.41) is 4.32. The van der Waals surface area contributed by atoms with Gasteiger partial charge in [-0.15, -0.1) is 0 Å². The number of rotatable bonds is 14. The summed E-state index contributed by atoms with van der Waals surface area (Å²) >= 11 is 0. The fourth-order valence-corrected chi connectivity index (χ4v) is 38.0. The Morgan fingerprint density at radius 1 is 0.303 bits per heavy atom. The second-order valence-electron chi connectivity index (χ2n) is 30.3. The average molecular weight is 1970 g/mol. The summed E-state index contributed by atoms with van der Waals surface area (Å²) in [4.78, 5) is 145. The number of hydrogen-bond donors (Lipinski definition) is 0. The van der Waals surface area contributed by atoms with Crippen LogP contribution in [0.4, 0.5) is 0 Å². The van der Waals surface area contributed by atoms with Gasteiger partial charge in [-0.05, 0) is 196 Å². The van der Waals surface area contributed by atoms with Gasteiger partial charge in [0.1, 0.15) is 0 Å². The molecule has 686 valence electrons. The van der Waals surface area contributed by atoms with Gasteiger partial charge in [0.15, 0.2) is 23.1 Å². The minimum Gasteiger partial charge on any atom is -0.545 e. The van der Waals surface area contributed by atoms with Crippen molar-refractivity contribution in [3.63, 3.8) is 0 Å². The molecule has 2 aromatic rings. The maximum atomic E-state index is 13.5. The largest absolute Gasteiger partial charge is 4.00 e. The van der Waals surface area contributed by atoms with E-state index in [2.05, 4.69) is 204 Å². The summed E-state index contributed by atoms with van der Waals surface area (Å²) in [6.07, 6.45) is 4.83. The minimum absolute atomic E-state index is 0. The molecule has 0 amide bonds. The topological polar surface area (TPSA) is 357 Å². The van der Waals surface area contributed by atoms with E-state index in [9.17, 15) is 36.0 Å². The third-order valence-electron chi connectivity index (χ3n) is 21.1. The number of ketones is 4. The molecule has 0 spiro atoms. The van der Waals surface area contributed by atoms with Gasteiger partial charge in [0.25, 0.3) is 0 Å². The van der Waals surface area contributed by atoms with Crippen molar-refractivity contribution in [1.29, 1.82) is 0 Å². The molecule has 4 fully saturated rings. The molecule has 10 rings (SSSR count). The number of benzene rings is 2. The van der Waals surface area contributed by atoms with Gasteiger partial charge in [0.05, 0.1) is 55.3 Å². The van der Waals surface area contributed by atoms with E-state index in [0.29, 0.717) is 94.0 Å². The number of carbonyl (C=O) groups is 4. The first-order valence-electron chi connectivity index (χ1n) is 35.6. The number of sulfonamides is 2. The molecule has 3 heterocycles. The molecule has 33 heteroatoms. The summed E-state index contributed by atoms with van der Waals surface area (Å²) in [6.45, 7) is 93.8. The van der Waals surface area contributed by atoms with E-state index < -0.39 is 52.3 Å². The summed E-state index contributed by atoms with van der Waals surface area (Å²) in [5.74, 6) is 1.02. The van der Waals surface area contributed by atoms with Gasteiger partial charge in [-0.3, -0.25) is 101 Å². The number of fused-ring (bicyclic) bond motifs is 4. The molecular formula is C89H134Fe4N2O21S2Si4. The van der Waals surface area contributed by atoms with Crippen LogP contribution in [0.15, 0.2) is 146 Å².